The number of hydrogen-bond donors (Lipinski definition) is 1. The quantitative estimate of drug-likeness (QED) is 0.670. The third-order valence-corrected chi connectivity index (χ3v) is 2.43. The molecule has 16 heavy (non-hydrogen) atoms. The third-order valence-electron chi connectivity index (χ3n) is 2.43. The number of amides is 2. The van der Waals surface area contributed by atoms with Gasteiger partial charge in [0.1, 0.15) is 19.2 Å². The molecule has 86 valence electrons. The lowest BCUT2D eigenvalue weighted by molar-refractivity contribution is -0.131. The highest BCUT2D eigenvalue weighted by molar-refractivity contribution is 5.79. The number of hydrogen-bond acceptors (Lipinski definition) is 4. The van der Waals surface area contributed by atoms with Gasteiger partial charge in [0.2, 0.25) is 11.8 Å². The molecule has 0 saturated carbocycles. The summed E-state index contributed by atoms with van der Waals surface area (Å²) in [7, 11) is 0. The van der Waals surface area contributed by atoms with E-state index in [2.05, 4.69) is 15.4 Å². The first-order valence-corrected chi connectivity index (χ1v) is 5.12. The van der Waals surface area contributed by atoms with Gasteiger partial charge in [-0.2, -0.15) is 5.10 Å². The topological polar surface area (TPSA) is 80.1 Å². The first kappa shape index (κ1) is 10.6. The minimum atomic E-state index is -0.0398. The van der Waals surface area contributed by atoms with Gasteiger partial charge in [-0.15, -0.1) is 0 Å². The molecule has 7 heteroatoms. The summed E-state index contributed by atoms with van der Waals surface area (Å²) in [6.45, 7) is 1.72. The van der Waals surface area contributed by atoms with Gasteiger partial charge in [0.25, 0.3) is 0 Å². The molecule has 0 aliphatic carbocycles. The fourth-order valence-electron chi connectivity index (χ4n) is 1.57. The average Bonchev–Trinajstić information content (AvgIpc) is 2.66. The summed E-state index contributed by atoms with van der Waals surface area (Å²) in [5.41, 5.74) is 0. The van der Waals surface area contributed by atoms with E-state index in [0.29, 0.717) is 26.1 Å². The van der Waals surface area contributed by atoms with Gasteiger partial charge in [0.05, 0.1) is 0 Å². The molecule has 7 nitrogen and oxygen atoms in total. The standard InChI is InChI=1S/C9H13N5O2/c15-8-1-3-13(4-2-11-8)9(16)5-14-7-10-6-12-14/h6-7H,1-5H2,(H,11,15). The molecule has 0 bridgehead atoms. The van der Waals surface area contributed by atoms with Crippen molar-refractivity contribution in [1.82, 2.24) is 25.0 Å². The second-order valence-corrected chi connectivity index (χ2v) is 3.57. The Labute approximate surface area is 92.4 Å². The zero-order chi connectivity index (χ0) is 11.4. The van der Waals surface area contributed by atoms with Gasteiger partial charge in [0, 0.05) is 26.1 Å². The molecule has 0 spiro atoms. The van der Waals surface area contributed by atoms with Gasteiger partial charge in [-0.05, 0) is 0 Å². The normalized spacial score (nSPS) is 16.8. The van der Waals surface area contributed by atoms with Crippen LogP contribution < -0.4 is 5.32 Å². The smallest absolute Gasteiger partial charge is 0.244 e. The van der Waals surface area contributed by atoms with Gasteiger partial charge in [-0.25, -0.2) is 9.67 Å². The highest BCUT2D eigenvalue weighted by atomic mass is 16.2. The van der Waals surface area contributed by atoms with E-state index in [1.165, 1.54) is 17.3 Å². The van der Waals surface area contributed by atoms with Gasteiger partial charge < -0.3 is 10.2 Å². The molecule has 1 saturated heterocycles. The molecule has 1 aromatic heterocycles. The summed E-state index contributed by atoms with van der Waals surface area (Å²) in [6, 6.07) is 0. The van der Waals surface area contributed by atoms with Crippen molar-refractivity contribution in [2.45, 2.75) is 13.0 Å². The predicted molar refractivity (Wildman–Crippen MR) is 54.2 cm³/mol. The Morgan fingerprint density at radius 2 is 2.38 bits per heavy atom. The Bertz CT molecular complexity index is 375. The maximum Gasteiger partial charge on any atom is 0.244 e. The summed E-state index contributed by atoms with van der Waals surface area (Å²) in [5.74, 6) is -0.0435. The molecule has 0 aromatic carbocycles. The zero-order valence-corrected chi connectivity index (χ0v) is 8.80. The molecule has 1 aromatic rings. The van der Waals surface area contributed by atoms with Crippen LogP contribution >= 0.6 is 0 Å². The second-order valence-electron chi connectivity index (χ2n) is 3.57. The first-order valence-electron chi connectivity index (χ1n) is 5.12. The highest BCUT2D eigenvalue weighted by Crippen LogP contribution is 1.98. The van der Waals surface area contributed by atoms with Crippen LogP contribution in [0, 0.1) is 0 Å². The van der Waals surface area contributed by atoms with Gasteiger partial charge >= 0.3 is 0 Å². The van der Waals surface area contributed by atoms with Crippen LogP contribution in [0.25, 0.3) is 0 Å². The lowest BCUT2D eigenvalue weighted by Crippen LogP contribution is -2.36. The van der Waals surface area contributed by atoms with E-state index >= 15 is 0 Å². The van der Waals surface area contributed by atoms with E-state index in [1.54, 1.807) is 4.90 Å². The maximum absolute atomic E-state index is 11.8. The minimum Gasteiger partial charge on any atom is -0.354 e. The molecule has 2 rings (SSSR count). The van der Waals surface area contributed by atoms with Crippen LogP contribution in [-0.4, -0.2) is 51.1 Å². The fourth-order valence-corrected chi connectivity index (χ4v) is 1.57. The fraction of sp³-hybridized carbons (Fsp3) is 0.556. The molecule has 0 radical (unpaired) electrons. The average molecular weight is 223 g/mol. The molecule has 1 fully saturated rings. The third kappa shape index (κ3) is 2.56. The van der Waals surface area contributed by atoms with Crippen molar-refractivity contribution >= 4 is 11.8 Å². The minimum absolute atomic E-state index is 0.00365. The number of aromatic nitrogens is 3. The van der Waals surface area contributed by atoms with Crippen LogP contribution in [0.4, 0.5) is 0 Å². The van der Waals surface area contributed by atoms with Gasteiger partial charge in [-0.1, -0.05) is 0 Å². The molecule has 1 N–H and O–H groups in total. The van der Waals surface area contributed by atoms with Crippen LogP contribution in [0.3, 0.4) is 0 Å². The summed E-state index contributed by atoms with van der Waals surface area (Å²) < 4.78 is 1.47. The molecule has 0 atom stereocenters. The monoisotopic (exact) mass is 223 g/mol. The van der Waals surface area contributed by atoms with Gasteiger partial charge in [0.15, 0.2) is 0 Å². The van der Waals surface area contributed by atoms with Crippen molar-refractivity contribution < 1.29 is 9.59 Å². The largest absolute Gasteiger partial charge is 0.354 e. The van der Waals surface area contributed by atoms with E-state index in [9.17, 15) is 9.59 Å². The first-order chi connectivity index (χ1) is 7.75. The van der Waals surface area contributed by atoms with Crippen LogP contribution in [0.2, 0.25) is 0 Å². The summed E-state index contributed by atoms with van der Waals surface area (Å²) in [4.78, 5) is 28.3. The Balaban J connectivity index is 1.91. The molecule has 1 aliphatic heterocycles. The SMILES string of the molecule is O=C1CCN(C(=O)Cn2cncn2)CCN1. The highest BCUT2D eigenvalue weighted by Gasteiger charge is 2.18. The van der Waals surface area contributed by atoms with E-state index in [4.69, 9.17) is 0 Å². The number of carbonyl (C=O) groups is 2. The van der Waals surface area contributed by atoms with Crippen LogP contribution in [0.1, 0.15) is 6.42 Å². The molecular formula is C9H13N5O2. The zero-order valence-electron chi connectivity index (χ0n) is 8.80. The number of nitrogens with one attached hydrogen (secondary N) is 1. The molecule has 2 heterocycles. The Hall–Kier alpha value is -1.92. The lowest BCUT2D eigenvalue weighted by Gasteiger charge is -2.19. The maximum atomic E-state index is 11.8. The Morgan fingerprint density at radius 1 is 1.50 bits per heavy atom. The van der Waals surface area contributed by atoms with Crippen molar-refractivity contribution in [3.05, 3.63) is 12.7 Å². The number of nitrogens with zero attached hydrogens (tertiary/aromatic N) is 4. The summed E-state index contributed by atoms with van der Waals surface area (Å²) in [5, 5.41) is 6.59. The van der Waals surface area contributed by atoms with Crippen molar-refractivity contribution in [3.63, 3.8) is 0 Å². The Kier molecular flexibility index (Phi) is 3.13. The summed E-state index contributed by atoms with van der Waals surface area (Å²) >= 11 is 0. The van der Waals surface area contributed by atoms with E-state index in [1.807, 2.05) is 0 Å². The summed E-state index contributed by atoms with van der Waals surface area (Å²) in [6.07, 6.45) is 3.25. The second kappa shape index (κ2) is 4.73. The predicted octanol–water partition coefficient (Wildman–Crippen LogP) is -1.37. The number of carbonyl (C=O) groups excluding carboxylic acids is 2. The van der Waals surface area contributed by atoms with E-state index in [0.717, 1.165) is 0 Å². The number of rotatable bonds is 2. The van der Waals surface area contributed by atoms with Crippen LogP contribution in [0.15, 0.2) is 12.7 Å². The van der Waals surface area contributed by atoms with Crippen molar-refractivity contribution in [2.75, 3.05) is 19.6 Å². The molecule has 2 amide bonds. The molecular weight excluding hydrogens is 210 g/mol. The molecule has 1 aliphatic rings. The van der Waals surface area contributed by atoms with Crippen LogP contribution in [-0.2, 0) is 16.1 Å². The lowest BCUT2D eigenvalue weighted by atomic mass is 10.3. The van der Waals surface area contributed by atoms with Crippen molar-refractivity contribution in [3.8, 4) is 0 Å². The van der Waals surface area contributed by atoms with E-state index in [-0.39, 0.29) is 18.4 Å². The van der Waals surface area contributed by atoms with Gasteiger partial charge in [-0.3, -0.25) is 9.59 Å². The molecule has 0 unspecified atom stereocenters. The van der Waals surface area contributed by atoms with Crippen molar-refractivity contribution in [2.24, 2.45) is 0 Å². The van der Waals surface area contributed by atoms with Crippen LogP contribution in [0.5, 0.6) is 0 Å². The van der Waals surface area contributed by atoms with E-state index < -0.39 is 0 Å². The Morgan fingerprint density at radius 3 is 3.12 bits per heavy atom. The van der Waals surface area contributed by atoms with Crippen molar-refractivity contribution in [1.29, 1.82) is 0 Å².